The van der Waals surface area contributed by atoms with Gasteiger partial charge in [-0.05, 0) is 38.8 Å². The molecular formula is C18H22N2O2. The van der Waals surface area contributed by atoms with Crippen LogP contribution in [-0.4, -0.2) is 17.7 Å². The Hall–Kier alpha value is -2.15. The fourth-order valence-corrected chi connectivity index (χ4v) is 3.05. The molecule has 4 heteroatoms. The highest BCUT2D eigenvalue weighted by molar-refractivity contribution is 6.12. The molecule has 22 heavy (non-hydrogen) atoms. The highest BCUT2D eigenvalue weighted by Crippen LogP contribution is 2.19. The lowest BCUT2D eigenvalue weighted by Gasteiger charge is -2.23. The van der Waals surface area contributed by atoms with E-state index in [4.69, 9.17) is 0 Å². The van der Waals surface area contributed by atoms with Crippen LogP contribution in [0, 0.1) is 31.1 Å². The van der Waals surface area contributed by atoms with Crippen LogP contribution in [-0.2, 0) is 4.79 Å². The van der Waals surface area contributed by atoms with Crippen molar-refractivity contribution in [2.24, 2.45) is 5.92 Å². The summed E-state index contributed by atoms with van der Waals surface area (Å²) in [6, 6.07) is 7.39. The van der Waals surface area contributed by atoms with Gasteiger partial charge in [0.1, 0.15) is 0 Å². The number of carbonyl (C=O) groups is 2. The van der Waals surface area contributed by atoms with Crippen molar-refractivity contribution < 1.29 is 9.59 Å². The molecule has 0 saturated heterocycles. The molecule has 0 radical (unpaired) electrons. The van der Waals surface area contributed by atoms with Crippen LogP contribution in [0.4, 0.5) is 0 Å². The average Bonchev–Trinajstić information content (AvgIpc) is 2.47. The number of carbonyl (C=O) groups excluding carboxylic acids is 2. The van der Waals surface area contributed by atoms with Gasteiger partial charge >= 0.3 is 0 Å². The van der Waals surface area contributed by atoms with Gasteiger partial charge in [0.25, 0.3) is 0 Å². The highest BCUT2D eigenvalue weighted by atomic mass is 16.2. The minimum atomic E-state index is -1.26. The molecule has 0 bridgehead atoms. The minimum absolute atomic E-state index is 0.101. The second kappa shape index (κ2) is 7.22. The van der Waals surface area contributed by atoms with Crippen LogP contribution in [0.2, 0.25) is 0 Å². The number of hydrogen-bond donors (Lipinski definition) is 1. The second-order valence-electron chi connectivity index (χ2n) is 6.15. The Kier molecular flexibility index (Phi) is 5.32. The van der Waals surface area contributed by atoms with E-state index in [1.54, 1.807) is 12.1 Å². The number of ketones is 1. The minimum Gasteiger partial charge on any atom is -0.352 e. The standard InChI is InChI=1S/C18H22N2O2/c1-12-8-13(2)10-14(9-12)17(21)16(11-19)18(22)20-15-6-4-3-5-7-15/h8-10,15-16H,3-7H2,1-2H3,(H,20,22)/t16-/m1/s1. The van der Waals surface area contributed by atoms with Crippen molar-refractivity contribution in [1.29, 1.82) is 5.26 Å². The maximum atomic E-state index is 12.5. The molecule has 0 aromatic heterocycles. The number of rotatable bonds is 4. The summed E-state index contributed by atoms with van der Waals surface area (Å²) in [6.45, 7) is 3.79. The predicted octanol–water partition coefficient (Wildman–Crippen LogP) is 3.07. The molecule has 0 aliphatic heterocycles. The molecule has 4 nitrogen and oxygen atoms in total. The SMILES string of the molecule is Cc1cc(C)cc(C(=O)[C@@H](C#N)C(=O)NC2CCCCC2)c1. The van der Waals surface area contributed by atoms with Gasteiger partial charge in [-0.25, -0.2) is 0 Å². The summed E-state index contributed by atoms with van der Waals surface area (Å²) in [5.74, 6) is -2.13. The molecule has 0 spiro atoms. The average molecular weight is 298 g/mol. The first-order chi connectivity index (χ1) is 10.5. The first-order valence-electron chi connectivity index (χ1n) is 7.84. The third-order valence-corrected chi connectivity index (χ3v) is 4.11. The number of hydrogen-bond acceptors (Lipinski definition) is 3. The Morgan fingerprint density at radius 1 is 1.14 bits per heavy atom. The molecule has 116 valence electrons. The van der Waals surface area contributed by atoms with Gasteiger partial charge in [0.05, 0.1) is 6.07 Å². The van der Waals surface area contributed by atoms with Crippen molar-refractivity contribution in [3.05, 3.63) is 34.9 Å². The van der Waals surface area contributed by atoms with Crippen LogP contribution in [0.5, 0.6) is 0 Å². The van der Waals surface area contributed by atoms with Crippen molar-refractivity contribution in [3.8, 4) is 6.07 Å². The zero-order valence-corrected chi connectivity index (χ0v) is 13.2. The molecule has 1 aliphatic rings. The van der Waals surface area contributed by atoms with Gasteiger partial charge in [-0.15, -0.1) is 0 Å². The summed E-state index contributed by atoms with van der Waals surface area (Å²) in [4.78, 5) is 24.8. The molecule has 0 heterocycles. The van der Waals surface area contributed by atoms with Gasteiger partial charge in [-0.3, -0.25) is 9.59 Å². The lowest BCUT2D eigenvalue weighted by atomic mass is 9.92. The van der Waals surface area contributed by atoms with Crippen LogP contribution in [0.15, 0.2) is 18.2 Å². The molecule has 1 amide bonds. The van der Waals surface area contributed by atoms with Crippen molar-refractivity contribution >= 4 is 11.7 Å². The number of amides is 1. The lowest BCUT2D eigenvalue weighted by Crippen LogP contribution is -2.42. The zero-order chi connectivity index (χ0) is 16.1. The summed E-state index contributed by atoms with van der Waals surface area (Å²) in [7, 11) is 0. The van der Waals surface area contributed by atoms with Gasteiger partial charge in [0.15, 0.2) is 11.7 Å². The number of aryl methyl sites for hydroxylation is 2. The number of nitrogens with zero attached hydrogens (tertiary/aromatic N) is 1. The third-order valence-electron chi connectivity index (χ3n) is 4.11. The largest absolute Gasteiger partial charge is 0.352 e. The van der Waals surface area contributed by atoms with E-state index in [-0.39, 0.29) is 6.04 Å². The van der Waals surface area contributed by atoms with Gasteiger partial charge in [0, 0.05) is 11.6 Å². The zero-order valence-electron chi connectivity index (χ0n) is 13.2. The summed E-state index contributed by atoms with van der Waals surface area (Å²) >= 11 is 0. The van der Waals surface area contributed by atoms with E-state index in [1.165, 1.54) is 6.42 Å². The topological polar surface area (TPSA) is 70.0 Å². The van der Waals surface area contributed by atoms with E-state index in [0.717, 1.165) is 36.8 Å². The maximum absolute atomic E-state index is 12.5. The fraction of sp³-hybridized carbons (Fsp3) is 0.500. The molecule has 1 saturated carbocycles. The number of benzene rings is 1. The van der Waals surface area contributed by atoms with Crippen LogP contribution < -0.4 is 5.32 Å². The van der Waals surface area contributed by atoms with Crippen molar-refractivity contribution in [3.63, 3.8) is 0 Å². The Labute approximate surface area is 131 Å². The maximum Gasteiger partial charge on any atom is 0.245 e. The van der Waals surface area contributed by atoms with Crippen LogP contribution in [0.3, 0.4) is 0 Å². The Balaban J connectivity index is 2.11. The molecule has 1 aliphatic carbocycles. The molecule has 1 aromatic carbocycles. The molecule has 2 rings (SSSR count). The normalized spacial score (nSPS) is 16.6. The predicted molar refractivity (Wildman–Crippen MR) is 84.4 cm³/mol. The van der Waals surface area contributed by atoms with E-state index in [0.29, 0.717) is 5.56 Å². The Morgan fingerprint density at radius 2 is 1.73 bits per heavy atom. The smallest absolute Gasteiger partial charge is 0.245 e. The van der Waals surface area contributed by atoms with Gasteiger partial charge in [-0.1, -0.05) is 36.5 Å². The molecule has 1 aromatic rings. The molecule has 1 fully saturated rings. The Morgan fingerprint density at radius 3 is 2.27 bits per heavy atom. The first kappa shape index (κ1) is 16.2. The molecule has 1 atom stereocenters. The van der Waals surface area contributed by atoms with Gasteiger partial charge in [0.2, 0.25) is 5.91 Å². The lowest BCUT2D eigenvalue weighted by molar-refractivity contribution is -0.123. The van der Waals surface area contributed by atoms with Gasteiger partial charge in [-0.2, -0.15) is 5.26 Å². The summed E-state index contributed by atoms with van der Waals surface area (Å²) in [6.07, 6.45) is 5.24. The number of nitrogens with one attached hydrogen (secondary N) is 1. The molecular weight excluding hydrogens is 276 g/mol. The summed E-state index contributed by atoms with van der Waals surface area (Å²) in [5, 5.41) is 12.1. The van der Waals surface area contributed by atoms with E-state index < -0.39 is 17.6 Å². The fourth-order valence-electron chi connectivity index (χ4n) is 3.05. The molecule has 0 unspecified atom stereocenters. The van der Waals surface area contributed by atoms with Crippen LogP contribution in [0.25, 0.3) is 0 Å². The second-order valence-corrected chi connectivity index (χ2v) is 6.15. The summed E-state index contributed by atoms with van der Waals surface area (Å²) in [5.41, 5.74) is 2.34. The number of Topliss-reactive ketones (excluding diaryl/α,β-unsaturated/α-hetero) is 1. The van der Waals surface area contributed by atoms with Crippen molar-refractivity contribution in [1.82, 2.24) is 5.32 Å². The highest BCUT2D eigenvalue weighted by Gasteiger charge is 2.29. The van der Waals surface area contributed by atoms with E-state index >= 15 is 0 Å². The van der Waals surface area contributed by atoms with E-state index in [9.17, 15) is 14.9 Å². The molecule has 1 N–H and O–H groups in total. The third kappa shape index (κ3) is 3.94. The number of nitriles is 1. The van der Waals surface area contributed by atoms with E-state index in [2.05, 4.69) is 5.32 Å². The Bertz CT molecular complexity index is 590. The van der Waals surface area contributed by atoms with Crippen molar-refractivity contribution in [2.45, 2.75) is 52.0 Å². The van der Waals surface area contributed by atoms with E-state index in [1.807, 2.05) is 26.0 Å². The first-order valence-corrected chi connectivity index (χ1v) is 7.84. The summed E-state index contributed by atoms with van der Waals surface area (Å²) < 4.78 is 0. The van der Waals surface area contributed by atoms with Crippen LogP contribution >= 0.6 is 0 Å². The quantitative estimate of drug-likeness (QED) is 0.686. The van der Waals surface area contributed by atoms with Crippen molar-refractivity contribution in [2.75, 3.05) is 0 Å². The monoisotopic (exact) mass is 298 g/mol. The van der Waals surface area contributed by atoms with Crippen LogP contribution in [0.1, 0.15) is 53.6 Å². The van der Waals surface area contributed by atoms with Gasteiger partial charge < -0.3 is 5.32 Å².